The Bertz CT molecular complexity index is 433. The third-order valence-corrected chi connectivity index (χ3v) is 3.71. The Kier molecular flexibility index (Phi) is 4.61. The monoisotopic (exact) mass is 259 g/mol. The molecule has 0 aliphatic carbocycles. The van der Waals surface area contributed by atoms with E-state index in [1.165, 1.54) is 0 Å². The maximum absolute atomic E-state index is 9.51. The lowest BCUT2D eigenvalue weighted by molar-refractivity contribution is 0.0735. The molecule has 1 N–H and O–H groups in total. The molecule has 1 heterocycles. The summed E-state index contributed by atoms with van der Waals surface area (Å²) in [5.74, 6) is 0.319. The highest BCUT2D eigenvalue weighted by Gasteiger charge is 2.28. The van der Waals surface area contributed by atoms with Crippen molar-refractivity contribution in [1.29, 1.82) is 0 Å². The predicted octanol–water partition coefficient (Wildman–Crippen LogP) is 2.48. The number of rotatable bonds is 4. The van der Waals surface area contributed by atoms with Crippen LogP contribution in [0.5, 0.6) is 5.75 Å². The fraction of sp³-hybridized carbons (Fsp3) is 0.438. The van der Waals surface area contributed by atoms with Crippen molar-refractivity contribution in [2.75, 3.05) is 19.6 Å². The molecule has 3 nitrogen and oxygen atoms in total. The summed E-state index contributed by atoms with van der Waals surface area (Å²) in [5.41, 5.74) is 1.05. The van der Waals surface area contributed by atoms with Crippen molar-refractivity contribution in [3.8, 4) is 5.75 Å². The van der Waals surface area contributed by atoms with Gasteiger partial charge in [0, 0.05) is 31.7 Å². The number of hydrogen-bond donors (Lipinski definition) is 1. The van der Waals surface area contributed by atoms with Crippen molar-refractivity contribution in [2.45, 2.75) is 25.9 Å². The summed E-state index contributed by atoms with van der Waals surface area (Å²) >= 11 is 0. The molecule has 2 atom stereocenters. The zero-order chi connectivity index (χ0) is 13.8. The van der Waals surface area contributed by atoms with Gasteiger partial charge in [0.2, 0.25) is 0 Å². The Morgan fingerprint density at radius 3 is 2.79 bits per heavy atom. The molecule has 1 aromatic rings. The smallest absolute Gasteiger partial charge is 0.115 e. The Labute approximate surface area is 116 Å². The Morgan fingerprint density at radius 2 is 2.11 bits per heavy atom. The summed E-state index contributed by atoms with van der Waals surface area (Å²) in [4.78, 5) is 4.81. The lowest BCUT2D eigenvalue weighted by Crippen LogP contribution is -2.55. The average Bonchev–Trinajstić information content (AvgIpc) is 2.36. The van der Waals surface area contributed by atoms with Crippen LogP contribution in [0.25, 0.3) is 0 Å². The largest absolute Gasteiger partial charge is 0.508 e. The third kappa shape index (κ3) is 3.58. The summed E-state index contributed by atoms with van der Waals surface area (Å²) in [7, 11) is 0. The standard InChI is InChI=1S/C16H23N2O/c1-4-8-17-10-14(3)18(11-13(17)2)12-15-6-5-7-16(19)9-15/h4-7,9,12-14,19H,1,8,10-11H2,2-3H3/t13-,14-/m1/s1. The van der Waals surface area contributed by atoms with Crippen molar-refractivity contribution in [3.63, 3.8) is 0 Å². The van der Waals surface area contributed by atoms with E-state index < -0.39 is 0 Å². The molecule has 1 radical (unpaired) electrons. The van der Waals surface area contributed by atoms with Crippen molar-refractivity contribution < 1.29 is 5.11 Å². The molecule has 2 rings (SSSR count). The van der Waals surface area contributed by atoms with Crippen molar-refractivity contribution in [2.24, 2.45) is 0 Å². The zero-order valence-corrected chi connectivity index (χ0v) is 11.8. The summed E-state index contributed by atoms with van der Waals surface area (Å²) in [6.45, 7) is 13.4. The van der Waals surface area contributed by atoms with E-state index in [0.717, 1.165) is 25.2 Å². The first-order chi connectivity index (χ1) is 9.10. The minimum atomic E-state index is 0.319. The van der Waals surface area contributed by atoms with Crippen molar-refractivity contribution in [3.05, 3.63) is 49.0 Å². The molecule has 0 bridgehead atoms. The van der Waals surface area contributed by atoms with Crippen LogP contribution in [0.2, 0.25) is 0 Å². The number of piperazine rings is 1. The van der Waals surface area contributed by atoms with Crippen LogP contribution in [0.3, 0.4) is 0 Å². The number of hydrogen-bond acceptors (Lipinski definition) is 3. The molecule has 1 aliphatic heterocycles. The fourth-order valence-corrected chi connectivity index (χ4v) is 2.62. The van der Waals surface area contributed by atoms with Gasteiger partial charge in [-0.1, -0.05) is 18.2 Å². The summed E-state index contributed by atoms with van der Waals surface area (Å²) < 4.78 is 0. The van der Waals surface area contributed by atoms with Crippen LogP contribution in [-0.4, -0.2) is 46.6 Å². The van der Waals surface area contributed by atoms with Gasteiger partial charge in [-0.05, 0) is 31.5 Å². The van der Waals surface area contributed by atoms with E-state index in [0.29, 0.717) is 17.8 Å². The highest BCUT2D eigenvalue weighted by atomic mass is 16.3. The molecular formula is C16H23N2O. The van der Waals surface area contributed by atoms with Gasteiger partial charge in [-0.25, -0.2) is 0 Å². The minimum absolute atomic E-state index is 0.319. The quantitative estimate of drug-likeness (QED) is 0.842. The van der Waals surface area contributed by atoms with Crippen LogP contribution in [0.4, 0.5) is 0 Å². The molecule has 103 valence electrons. The van der Waals surface area contributed by atoms with E-state index in [1.807, 2.05) is 18.2 Å². The number of nitrogens with zero attached hydrogens (tertiary/aromatic N) is 2. The SMILES string of the molecule is C=CCN1C[C@@H](C)N([CH]c2cccc(O)c2)C[C@H]1C. The first-order valence-electron chi connectivity index (χ1n) is 6.84. The number of aromatic hydroxyl groups is 1. The van der Waals surface area contributed by atoms with Gasteiger partial charge in [-0.2, -0.15) is 0 Å². The van der Waals surface area contributed by atoms with E-state index in [-0.39, 0.29) is 0 Å². The summed E-state index contributed by atoms with van der Waals surface area (Å²) in [6, 6.07) is 8.39. The second kappa shape index (κ2) is 6.22. The Balaban J connectivity index is 2.00. The van der Waals surface area contributed by atoms with Gasteiger partial charge >= 0.3 is 0 Å². The van der Waals surface area contributed by atoms with Crippen molar-refractivity contribution >= 4 is 0 Å². The first kappa shape index (κ1) is 14.1. The van der Waals surface area contributed by atoms with E-state index in [9.17, 15) is 5.11 Å². The lowest BCUT2D eigenvalue weighted by Gasteiger charge is -2.43. The molecule has 1 aliphatic rings. The Morgan fingerprint density at radius 1 is 1.32 bits per heavy atom. The van der Waals surface area contributed by atoms with Crippen molar-refractivity contribution in [1.82, 2.24) is 9.80 Å². The first-order valence-corrected chi connectivity index (χ1v) is 6.84. The molecular weight excluding hydrogens is 236 g/mol. The van der Waals surface area contributed by atoms with Gasteiger partial charge < -0.3 is 5.11 Å². The summed E-state index contributed by atoms with van der Waals surface area (Å²) in [6.07, 6.45) is 1.97. The Hall–Kier alpha value is -1.32. The predicted molar refractivity (Wildman–Crippen MR) is 78.9 cm³/mol. The normalized spacial score (nSPS) is 25.4. The molecule has 0 unspecified atom stereocenters. The molecule has 1 aromatic carbocycles. The second-order valence-electron chi connectivity index (χ2n) is 5.36. The van der Waals surface area contributed by atoms with Gasteiger partial charge in [-0.3, -0.25) is 9.80 Å². The molecule has 0 amide bonds. The van der Waals surface area contributed by atoms with Crippen LogP contribution < -0.4 is 0 Å². The highest BCUT2D eigenvalue weighted by molar-refractivity contribution is 5.31. The zero-order valence-electron chi connectivity index (χ0n) is 11.8. The van der Waals surface area contributed by atoms with Gasteiger partial charge in [0.05, 0.1) is 6.54 Å². The molecule has 0 spiro atoms. The van der Waals surface area contributed by atoms with E-state index >= 15 is 0 Å². The molecule has 3 heteroatoms. The topological polar surface area (TPSA) is 26.7 Å². The molecule has 0 aromatic heterocycles. The van der Waals surface area contributed by atoms with Gasteiger partial charge in [0.25, 0.3) is 0 Å². The fourth-order valence-electron chi connectivity index (χ4n) is 2.62. The second-order valence-corrected chi connectivity index (χ2v) is 5.36. The van der Waals surface area contributed by atoms with E-state index in [2.05, 4.69) is 36.8 Å². The van der Waals surface area contributed by atoms with Gasteiger partial charge in [0.15, 0.2) is 0 Å². The van der Waals surface area contributed by atoms with Crippen LogP contribution >= 0.6 is 0 Å². The highest BCUT2D eigenvalue weighted by Crippen LogP contribution is 2.21. The van der Waals surface area contributed by atoms with Crippen LogP contribution in [0, 0.1) is 6.54 Å². The maximum Gasteiger partial charge on any atom is 0.115 e. The summed E-state index contributed by atoms with van der Waals surface area (Å²) in [5, 5.41) is 9.51. The van der Waals surface area contributed by atoms with Crippen LogP contribution in [0.15, 0.2) is 36.9 Å². The van der Waals surface area contributed by atoms with Crippen LogP contribution in [0.1, 0.15) is 19.4 Å². The number of phenolic OH excluding ortho intramolecular Hbond substituents is 1. The molecule has 0 saturated carbocycles. The number of benzene rings is 1. The third-order valence-electron chi connectivity index (χ3n) is 3.71. The van der Waals surface area contributed by atoms with E-state index in [4.69, 9.17) is 0 Å². The lowest BCUT2D eigenvalue weighted by atomic mass is 10.1. The minimum Gasteiger partial charge on any atom is -0.508 e. The van der Waals surface area contributed by atoms with Gasteiger partial charge in [0.1, 0.15) is 5.75 Å². The molecule has 1 saturated heterocycles. The van der Waals surface area contributed by atoms with Crippen LogP contribution in [-0.2, 0) is 0 Å². The number of phenols is 1. The molecule has 1 fully saturated rings. The molecule has 19 heavy (non-hydrogen) atoms. The van der Waals surface area contributed by atoms with Gasteiger partial charge in [-0.15, -0.1) is 6.58 Å². The van der Waals surface area contributed by atoms with E-state index in [1.54, 1.807) is 12.1 Å². The maximum atomic E-state index is 9.51. The average molecular weight is 259 g/mol.